The topological polar surface area (TPSA) is 90.7 Å². The van der Waals surface area contributed by atoms with Crippen molar-refractivity contribution >= 4 is 26.6 Å². The standard InChI is InChI=1S/C21H29N3O5S/c1-14-4-7-18-17(20(14)30(26,27)16-5-6-16)13-22-24(18)19(21(25)23(2)28-3)12-15-8-10-29-11-9-15/h4,7,13,15-16,19H,5-6,8-12H2,1-3H3. The summed E-state index contributed by atoms with van der Waals surface area (Å²) >= 11 is 0. The number of carbonyl (C=O) groups is 1. The SMILES string of the molecule is CON(C)C(=O)C(CC1CCOCC1)n1ncc2c(S(=O)(=O)C3CC3)c(C)ccc21. The van der Waals surface area contributed by atoms with Gasteiger partial charge in [-0.05, 0) is 56.6 Å². The summed E-state index contributed by atoms with van der Waals surface area (Å²) in [5, 5.41) is 6.02. The van der Waals surface area contributed by atoms with Crippen molar-refractivity contribution in [2.75, 3.05) is 27.4 Å². The van der Waals surface area contributed by atoms with Crippen molar-refractivity contribution in [3.8, 4) is 0 Å². The largest absolute Gasteiger partial charge is 0.381 e. The van der Waals surface area contributed by atoms with Crippen molar-refractivity contribution < 1.29 is 22.8 Å². The van der Waals surface area contributed by atoms with Gasteiger partial charge in [0.1, 0.15) is 6.04 Å². The first kappa shape index (κ1) is 21.3. The van der Waals surface area contributed by atoms with E-state index in [9.17, 15) is 13.2 Å². The molecule has 2 aromatic rings. The maximum absolute atomic E-state index is 13.1. The van der Waals surface area contributed by atoms with Gasteiger partial charge in [-0.1, -0.05) is 6.07 Å². The molecule has 0 spiro atoms. The highest BCUT2D eigenvalue weighted by Gasteiger charge is 2.39. The Hall–Kier alpha value is -1.97. The third kappa shape index (κ3) is 3.86. The molecule has 1 amide bonds. The molecule has 0 radical (unpaired) electrons. The van der Waals surface area contributed by atoms with Crippen LogP contribution in [0.1, 0.15) is 43.7 Å². The van der Waals surface area contributed by atoms with E-state index in [1.165, 1.54) is 12.2 Å². The molecular formula is C21H29N3O5S. The summed E-state index contributed by atoms with van der Waals surface area (Å²) in [7, 11) is -0.360. The molecule has 0 N–H and O–H groups in total. The van der Waals surface area contributed by atoms with Crippen molar-refractivity contribution in [3.63, 3.8) is 0 Å². The normalized spacial score (nSPS) is 19.2. The van der Waals surface area contributed by atoms with Crippen LogP contribution < -0.4 is 0 Å². The molecule has 164 valence electrons. The number of amides is 1. The van der Waals surface area contributed by atoms with Crippen LogP contribution in [0.15, 0.2) is 23.2 Å². The smallest absolute Gasteiger partial charge is 0.270 e. The van der Waals surface area contributed by atoms with Crippen molar-refractivity contribution in [3.05, 3.63) is 23.9 Å². The van der Waals surface area contributed by atoms with Gasteiger partial charge in [0, 0.05) is 25.6 Å². The maximum Gasteiger partial charge on any atom is 0.270 e. The summed E-state index contributed by atoms with van der Waals surface area (Å²) in [5.41, 5.74) is 1.38. The van der Waals surface area contributed by atoms with Gasteiger partial charge in [-0.3, -0.25) is 14.3 Å². The summed E-state index contributed by atoms with van der Waals surface area (Å²) in [6.07, 6.45) is 5.38. The number of benzene rings is 1. The van der Waals surface area contributed by atoms with E-state index in [1.807, 2.05) is 19.1 Å². The van der Waals surface area contributed by atoms with Crippen LogP contribution >= 0.6 is 0 Å². The minimum Gasteiger partial charge on any atom is -0.381 e. The molecule has 0 bridgehead atoms. The summed E-state index contributed by atoms with van der Waals surface area (Å²) in [5.74, 6) is 0.124. The first-order chi connectivity index (χ1) is 14.3. The molecule has 2 fully saturated rings. The van der Waals surface area contributed by atoms with E-state index < -0.39 is 15.9 Å². The fraction of sp³-hybridized carbons (Fsp3) is 0.619. The molecule has 1 aliphatic carbocycles. The zero-order chi connectivity index (χ0) is 21.5. The molecule has 8 nitrogen and oxygen atoms in total. The first-order valence-electron chi connectivity index (χ1n) is 10.4. The zero-order valence-electron chi connectivity index (χ0n) is 17.7. The molecule has 30 heavy (non-hydrogen) atoms. The number of carbonyl (C=O) groups excluding carboxylic acids is 1. The maximum atomic E-state index is 13.1. The number of aryl methyl sites for hydroxylation is 1. The number of likely N-dealkylation sites (N-methyl/N-ethyl adjacent to an activating group) is 1. The van der Waals surface area contributed by atoms with Crippen LogP contribution in [0.2, 0.25) is 0 Å². The van der Waals surface area contributed by atoms with Crippen molar-refractivity contribution in [1.29, 1.82) is 0 Å². The minimum atomic E-state index is -3.39. The Morgan fingerprint density at radius 3 is 2.63 bits per heavy atom. The number of nitrogens with zero attached hydrogens (tertiary/aromatic N) is 3. The predicted molar refractivity (Wildman–Crippen MR) is 112 cm³/mol. The van der Waals surface area contributed by atoms with Gasteiger partial charge in [0.2, 0.25) is 0 Å². The van der Waals surface area contributed by atoms with E-state index in [1.54, 1.807) is 17.9 Å². The van der Waals surface area contributed by atoms with Crippen LogP contribution in [0.5, 0.6) is 0 Å². The Morgan fingerprint density at radius 1 is 1.30 bits per heavy atom. The molecule has 1 aliphatic heterocycles. The summed E-state index contributed by atoms with van der Waals surface area (Å²) < 4.78 is 33.3. The third-order valence-electron chi connectivity index (χ3n) is 6.24. The first-order valence-corrected chi connectivity index (χ1v) is 12.0. The predicted octanol–water partition coefficient (Wildman–Crippen LogP) is 2.66. The Labute approximate surface area is 177 Å². The summed E-state index contributed by atoms with van der Waals surface area (Å²) in [4.78, 5) is 18.7. The fourth-order valence-corrected chi connectivity index (χ4v) is 6.35. The fourth-order valence-electron chi connectivity index (χ4n) is 4.28. The molecule has 9 heteroatoms. The highest BCUT2D eigenvalue weighted by molar-refractivity contribution is 7.92. The number of hydrogen-bond donors (Lipinski definition) is 0. The number of rotatable bonds is 7. The zero-order valence-corrected chi connectivity index (χ0v) is 18.5. The van der Waals surface area contributed by atoms with Gasteiger partial charge < -0.3 is 4.74 Å². The number of hydroxylamine groups is 2. The Balaban J connectivity index is 1.78. The van der Waals surface area contributed by atoms with Crippen molar-refractivity contribution in [1.82, 2.24) is 14.8 Å². The van der Waals surface area contributed by atoms with Gasteiger partial charge in [0.25, 0.3) is 5.91 Å². The van der Waals surface area contributed by atoms with Crippen LogP contribution in [-0.2, 0) is 24.2 Å². The summed E-state index contributed by atoms with van der Waals surface area (Å²) in [6.45, 7) is 3.19. The van der Waals surface area contributed by atoms with Crippen molar-refractivity contribution in [2.24, 2.45) is 5.92 Å². The van der Waals surface area contributed by atoms with Crippen molar-refractivity contribution in [2.45, 2.75) is 55.2 Å². The molecular weight excluding hydrogens is 406 g/mol. The minimum absolute atomic E-state index is 0.207. The monoisotopic (exact) mass is 435 g/mol. The Bertz CT molecular complexity index is 1040. The van der Waals surface area contributed by atoms with Gasteiger partial charge >= 0.3 is 0 Å². The quantitative estimate of drug-likeness (QED) is 0.621. The molecule has 4 rings (SSSR count). The second kappa shape index (κ2) is 8.28. The van der Waals surface area contributed by atoms with Gasteiger partial charge in [-0.25, -0.2) is 13.5 Å². The van der Waals surface area contributed by atoms with Gasteiger partial charge in [-0.2, -0.15) is 5.10 Å². The van der Waals surface area contributed by atoms with Crippen LogP contribution in [-0.4, -0.2) is 61.8 Å². The van der Waals surface area contributed by atoms with Gasteiger partial charge in [0.05, 0.1) is 29.0 Å². The molecule has 1 saturated heterocycles. The molecule has 2 aliphatic rings. The van der Waals surface area contributed by atoms with Crippen LogP contribution in [0, 0.1) is 12.8 Å². The van der Waals surface area contributed by atoms with Crippen LogP contribution in [0.4, 0.5) is 0 Å². The van der Waals surface area contributed by atoms with E-state index in [0.717, 1.165) is 18.4 Å². The molecule has 1 aromatic carbocycles. The van der Waals surface area contributed by atoms with E-state index in [4.69, 9.17) is 9.57 Å². The van der Waals surface area contributed by atoms with E-state index in [-0.39, 0.29) is 11.2 Å². The number of hydrogen-bond acceptors (Lipinski definition) is 6. The second-order valence-electron chi connectivity index (χ2n) is 8.30. The van der Waals surface area contributed by atoms with Crippen LogP contribution in [0.25, 0.3) is 10.9 Å². The van der Waals surface area contributed by atoms with Gasteiger partial charge in [-0.15, -0.1) is 0 Å². The van der Waals surface area contributed by atoms with Crippen LogP contribution in [0.3, 0.4) is 0 Å². The lowest BCUT2D eigenvalue weighted by molar-refractivity contribution is -0.173. The highest BCUT2D eigenvalue weighted by Crippen LogP contribution is 2.39. The average molecular weight is 436 g/mol. The lowest BCUT2D eigenvalue weighted by atomic mass is 9.92. The highest BCUT2D eigenvalue weighted by atomic mass is 32.2. The number of ether oxygens (including phenoxy) is 1. The van der Waals surface area contributed by atoms with E-state index >= 15 is 0 Å². The lowest BCUT2D eigenvalue weighted by Gasteiger charge is -2.28. The molecule has 2 heterocycles. The molecule has 1 saturated carbocycles. The lowest BCUT2D eigenvalue weighted by Crippen LogP contribution is -2.36. The molecule has 1 atom stereocenters. The van der Waals surface area contributed by atoms with E-state index in [0.29, 0.717) is 54.2 Å². The Morgan fingerprint density at radius 2 is 2.00 bits per heavy atom. The second-order valence-corrected chi connectivity index (χ2v) is 10.5. The van der Waals surface area contributed by atoms with E-state index in [2.05, 4.69) is 5.10 Å². The number of sulfone groups is 1. The molecule has 1 unspecified atom stereocenters. The van der Waals surface area contributed by atoms with Gasteiger partial charge in [0.15, 0.2) is 9.84 Å². The molecule has 1 aromatic heterocycles. The summed E-state index contributed by atoms with van der Waals surface area (Å²) in [6, 6.07) is 3.10. The third-order valence-corrected chi connectivity index (χ3v) is 8.70. The average Bonchev–Trinajstić information content (AvgIpc) is 3.53. The number of aromatic nitrogens is 2. The Kier molecular flexibility index (Phi) is 5.87. The number of fused-ring (bicyclic) bond motifs is 1.